The third kappa shape index (κ3) is 7.74. The normalized spacial score (nSPS) is 21.3. The lowest BCUT2D eigenvalue weighted by Gasteiger charge is -2.46. The third-order valence-corrected chi connectivity index (χ3v) is 14.1. The van der Waals surface area contributed by atoms with Crippen molar-refractivity contribution in [3.8, 4) is 11.3 Å². The van der Waals surface area contributed by atoms with Crippen LogP contribution < -0.4 is 31.4 Å². The van der Waals surface area contributed by atoms with Crippen molar-refractivity contribution < 1.29 is 27.6 Å². The quantitative estimate of drug-likeness (QED) is 0.168. The highest BCUT2D eigenvalue weighted by molar-refractivity contribution is 6.00. The van der Waals surface area contributed by atoms with Gasteiger partial charge in [-0.25, -0.2) is 27.5 Å². The molecule has 2 aromatic carbocycles. The number of piperazine rings is 1. The van der Waals surface area contributed by atoms with Crippen LogP contribution >= 0.6 is 0 Å². The molecule has 0 bridgehead atoms. The summed E-state index contributed by atoms with van der Waals surface area (Å²) in [5.74, 6) is -3.95. The second-order valence-electron chi connectivity index (χ2n) is 18.3. The van der Waals surface area contributed by atoms with Crippen molar-refractivity contribution >= 4 is 57.3 Å². The lowest BCUT2D eigenvalue weighted by molar-refractivity contribution is -0.135. The Hall–Kier alpha value is -6.80. The Bertz CT molecular complexity index is 3030. The van der Waals surface area contributed by atoms with Gasteiger partial charge in [-0.15, -0.1) is 5.10 Å². The first-order valence-electron chi connectivity index (χ1n) is 22.9. The first kappa shape index (κ1) is 42.8. The molecule has 17 nitrogen and oxygen atoms in total. The molecule has 3 amide bonds. The number of hydrogen-bond donors (Lipinski definition) is 3. The monoisotopic (exact) mass is 917 g/mol. The summed E-state index contributed by atoms with van der Waals surface area (Å²) in [5, 5.41) is 13.3. The average Bonchev–Trinajstić information content (AvgIpc) is 3.76. The fraction of sp³-hybridized carbons (Fsp3) is 0.426. The molecule has 3 saturated heterocycles. The van der Waals surface area contributed by atoms with E-state index in [2.05, 4.69) is 25.8 Å². The van der Waals surface area contributed by atoms with Crippen LogP contribution in [0.4, 0.5) is 36.1 Å². The van der Waals surface area contributed by atoms with Crippen molar-refractivity contribution in [2.24, 2.45) is 7.05 Å². The standard InChI is InChI=1S/C47H50F3N13O4/c1-51-34-22-41(56-63-39(24-53-43(34)63)45(66)54-29-4-5-29)61-14-11-31-32(19-28(48)20-37(31)61)33-7-3-27(23-52-33)25-58-13-12-40(47(49,50)26-58)60-17-15-59(16-18-60)30-6-8-35-38(21-30)57(2)46(67)62(35)36-9-10-42(64)55-44(36)65/h3,6-8,19-24,29,36,40,51H,4-5,9-18,25-26H2,1-2H3,(H,54,66)(H,55,64,65). The summed E-state index contributed by atoms with van der Waals surface area (Å²) in [6, 6.07) is 12.6. The van der Waals surface area contributed by atoms with Crippen LogP contribution in [0.5, 0.6) is 0 Å². The Kier molecular flexibility index (Phi) is 10.6. The first-order chi connectivity index (χ1) is 32.3. The lowest BCUT2D eigenvalue weighted by atomic mass is 9.97. The maximum Gasteiger partial charge on any atom is 0.329 e. The number of likely N-dealkylation sites (tertiary alicyclic amines) is 1. The van der Waals surface area contributed by atoms with E-state index in [1.165, 1.54) is 32.0 Å². The van der Waals surface area contributed by atoms with Crippen LogP contribution in [0.25, 0.3) is 27.9 Å². The number of fused-ring (bicyclic) bond motifs is 3. The number of rotatable bonds is 10. The van der Waals surface area contributed by atoms with Gasteiger partial charge in [0.15, 0.2) is 17.2 Å². The molecular weight excluding hydrogens is 868 g/mol. The SMILES string of the molecule is CNc1cc(N2CCc3c(-c4ccc(CN5CCC(N6CCN(c7ccc8c(c7)n(C)c(=O)n8C7CCC(=O)NC7=O)CC6)C(F)(F)C5)cn4)cc(F)cc32)nn2c(C(=O)NC3CC3)cnc12. The molecule has 0 spiro atoms. The fourth-order valence-corrected chi connectivity index (χ4v) is 10.4. The minimum absolute atomic E-state index is 0.156. The molecule has 3 N–H and O–H groups in total. The van der Waals surface area contributed by atoms with E-state index in [1.807, 2.05) is 46.2 Å². The van der Waals surface area contributed by atoms with Crippen LogP contribution in [0.3, 0.4) is 0 Å². The number of anilines is 4. The summed E-state index contributed by atoms with van der Waals surface area (Å²) in [6.07, 6.45) is 6.40. The van der Waals surface area contributed by atoms with Gasteiger partial charge in [0.1, 0.15) is 11.9 Å². The number of halogens is 3. The number of imidazole rings is 2. The minimum atomic E-state index is -2.95. The predicted molar refractivity (Wildman–Crippen MR) is 244 cm³/mol. The predicted octanol–water partition coefficient (Wildman–Crippen LogP) is 4.22. The van der Waals surface area contributed by atoms with Gasteiger partial charge in [-0.3, -0.25) is 43.6 Å². The van der Waals surface area contributed by atoms with E-state index in [9.17, 15) is 19.2 Å². The molecule has 2 atom stereocenters. The highest BCUT2D eigenvalue weighted by Gasteiger charge is 2.48. The lowest BCUT2D eigenvalue weighted by Crippen LogP contribution is -2.61. The second kappa shape index (κ2) is 16.5. The summed E-state index contributed by atoms with van der Waals surface area (Å²) >= 11 is 0. The molecule has 1 saturated carbocycles. The van der Waals surface area contributed by atoms with Gasteiger partial charge in [0.25, 0.3) is 11.8 Å². The van der Waals surface area contributed by atoms with Crippen LogP contribution in [0, 0.1) is 5.82 Å². The maximum atomic E-state index is 16.0. The Morgan fingerprint density at radius 3 is 2.45 bits per heavy atom. The number of benzene rings is 2. The average molecular weight is 918 g/mol. The van der Waals surface area contributed by atoms with E-state index < -0.39 is 29.7 Å². The molecule has 4 aliphatic heterocycles. The number of nitrogens with one attached hydrogen (secondary N) is 3. The summed E-state index contributed by atoms with van der Waals surface area (Å²) < 4.78 is 52.0. The van der Waals surface area contributed by atoms with Gasteiger partial charge in [0.2, 0.25) is 11.8 Å². The summed E-state index contributed by atoms with van der Waals surface area (Å²) in [5.41, 5.74) is 6.82. The van der Waals surface area contributed by atoms with Gasteiger partial charge in [0.05, 0.1) is 41.2 Å². The highest BCUT2D eigenvalue weighted by Crippen LogP contribution is 2.41. The van der Waals surface area contributed by atoms with Crippen molar-refractivity contribution in [1.29, 1.82) is 0 Å². The summed E-state index contributed by atoms with van der Waals surface area (Å²) in [7, 11) is 3.42. The van der Waals surface area contributed by atoms with Gasteiger partial charge in [-0.1, -0.05) is 6.07 Å². The number of imide groups is 1. The number of amides is 3. The zero-order valence-corrected chi connectivity index (χ0v) is 37.1. The molecule has 8 heterocycles. The van der Waals surface area contributed by atoms with Gasteiger partial charge in [0, 0.05) is 102 Å². The Morgan fingerprint density at radius 2 is 1.72 bits per heavy atom. The number of alkyl halides is 2. The number of carbonyl (C=O) groups is 3. The van der Waals surface area contributed by atoms with Crippen LogP contribution in [-0.4, -0.2) is 127 Å². The highest BCUT2D eigenvalue weighted by atomic mass is 19.3. The zero-order valence-electron chi connectivity index (χ0n) is 37.1. The van der Waals surface area contributed by atoms with E-state index in [-0.39, 0.29) is 42.9 Å². The number of hydrogen-bond acceptors (Lipinski definition) is 12. The molecule has 67 heavy (non-hydrogen) atoms. The molecular formula is C47H50F3N13O4. The second-order valence-corrected chi connectivity index (χ2v) is 18.3. The molecule has 4 aromatic heterocycles. The molecule has 11 rings (SSSR count). The molecule has 2 unspecified atom stereocenters. The van der Waals surface area contributed by atoms with E-state index in [0.717, 1.165) is 29.7 Å². The van der Waals surface area contributed by atoms with Crippen LogP contribution in [0.1, 0.15) is 59.8 Å². The molecule has 6 aromatic rings. The number of aromatic nitrogens is 6. The van der Waals surface area contributed by atoms with Crippen molar-refractivity contribution in [1.82, 2.24) is 49.1 Å². The van der Waals surface area contributed by atoms with Crippen molar-refractivity contribution in [2.75, 3.05) is 68.0 Å². The van der Waals surface area contributed by atoms with Crippen molar-refractivity contribution in [2.45, 2.75) is 69.1 Å². The summed E-state index contributed by atoms with van der Waals surface area (Å²) in [4.78, 5) is 67.6. The van der Waals surface area contributed by atoms with Crippen LogP contribution in [-0.2, 0) is 29.6 Å². The largest absolute Gasteiger partial charge is 0.385 e. The Labute approximate surface area is 382 Å². The molecule has 20 heteroatoms. The number of nitrogens with zero attached hydrogens (tertiary/aromatic N) is 10. The van der Waals surface area contributed by atoms with Crippen molar-refractivity contribution in [3.63, 3.8) is 0 Å². The third-order valence-electron chi connectivity index (χ3n) is 14.1. The van der Waals surface area contributed by atoms with E-state index >= 15 is 13.2 Å². The number of piperidine rings is 2. The van der Waals surface area contributed by atoms with E-state index in [1.54, 1.807) is 25.2 Å². The van der Waals surface area contributed by atoms with E-state index in [0.29, 0.717) is 109 Å². The Morgan fingerprint density at radius 1 is 0.896 bits per heavy atom. The molecule has 1 aliphatic carbocycles. The zero-order chi connectivity index (χ0) is 46.3. The van der Waals surface area contributed by atoms with Crippen molar-refractivity contribution in [3.05, 3.63) is 94.0 Å². The van der Waals surface area contributed by atoms with Crippen LogP contribution in [0.15, 0.2) is 65.7 Å². The number of aryl methyl sites for hydroxylation is 1. The molecule has 4 fully saturated rings. The number of pyridine rings is 1. The topological polar surface area (TPSA) is 170 Å². The number of carbonyl (C=O) groups excluding carboxylic acids is 3. The smallest absolute Gasteiger partial charge is 0.329 e. The van der Waals surface area contributed by atoms with E-state index in [4.69, 9.17) is 10.1 Å². The van der Waals surface area contributed by atoms with Gasteiger partial charge in [-0.05, 0) is 79.6 Å². The van der Waals surface area contributed by atoms with Gasteiger partial charge < -0.3 is 20.4 Å². The van der Waals surface area contributed by atoms with Crippen LogP contribution in [0.2, 0.25) is 0 Å². The molecule has 5 aliphatic rings. The fourth-order valence-electron chi connectivity index (χ4n) is 10.4. The maximum absolute atomic E-state index is 16.0. The minimum Gasteiger partial charge on any atom is -0.385 e. The first-order valence-corrected chi connectivity index (χ1v) is 22.9. The summed E-state index contributed by atoms with van der Waals surface area (Å²) in [6.45, 7) is 2.90. The van der Waals surface area contributed by atoms with Gasteiger partial charge >= 0.3 is 5.69 Å². The van der Waals surface area contributed by atoms with Gasteiger partial charge in [-0.2, -0.15) is 0 Å². The Balaban J connectivity index is 0.734. The molecule has 348 valence electrons. The molecule has 0 radical (unpaired) electrons.